The average molecular weight is 99.2 g/mol. The van der Waals surface area contributed by atoms with Gasteiger partial charge in [0, 0.05) is 12.6 Å². The quantitative estimate of drug-likeness (QED) is 0.468. The zero-order chi connectivity index (χ0) is 5.28. The van der Waals surface area contributed by atoms with Crippen molar-refractivity contribution >= 4 is 0 Å². The molecular weight excluding hydrogens is 86.1 g/mol. The minimum Gasteiger partial charge on any atom is -0.298 e. The van der Waals surface area contributed by atoms with Gasteiger partial charge in [-0.05, 0) is 19.9 Å². The fraction of sp³-hybridized carbons (Fsp3) is 1.00. The van der Waals surface area contributed by atoms with E-state index in [-0.39, 0.29) is 0 Å². The second kappa shape index (κ2) is 1.83. The molecule has 1 heterocycles. The average Bonchev–Trinajstić information content (AvgIpc) is 2.22. The Balaban J connectivity index is 1.98. The smallest absolute Gasteiger partial charge is 0.0195 e. The van der Waals surface area contributed by atoms with Crippen molar-refractivity contribution in [2.45, 2.75) is 26.3 Å². The van der Waals surface area contributed by atoms with E-state index in [9.17, 15) is 0 Å². The van der Waals surface area contributed by atoms with Gasteiger partial charge in [-0.2, -0.15) is 0 Å². The molecule has 42 valence electrons. The van der Waals surface area contributed by atoms with Crippen molar-refractivity contribution in [1.29, 1.82) is 0 Å². The van der Waals surface area contributed by atoms with Gasteiger partial charge >= 0.3 is 0 Å². The number of hydrogen-bond acceptors (Lipinski definition) is 1. The Morgan fingerprint density at radius 2 is 2.29 bits per heavy atom. The van der Waals surface area contributed by atoms with Gasteiger partial charge in [-0.15, -0.1) is 0 Å². The van der Waals surface area contributed by atoms with Gasteiger partial charge in [-0.1, -0.05) is 6.92 Å². The maximum absolute atomic E-state index is 2.47. The molecule has 0 N–H and O–H groups in total. The van der Waals surface area contributed by atoms with Gasteiger partial charge in [0.15, 0.2) is 0 Å². The molecule has 0 saturated carbocycles. The summed E-state index contributed by atoms with van der Waals surface area (Å²) in [5, 5.41) is 0. The first-order valence-corrected chi connectivity index (χ1v) is 3.08. The van der Waals surface area contributed by atoms with Crippen LogP contribution in [0.25, 0.3) is 0 Å². The summed E-state index contributed by atoms with van der Waals surface area (Å²) < 4.78 is 0. The molecule has 1 rings (SSSR count). The molecular formula is C6H13N. The first kappa shape index (κ1) is 5.10. The van der Waals surface area contributed by atoms with Crippen molar-refractivity contribution in [1.82, 2.24) is 4.90 Å². The molecule has 7 heavy (non-hydrogen) atoms. The van der Waals surface area contributed by atoms with Gasteiger partial charge in [0.05, 0.1) is 0 Å². The molecule has 1 nitrogen and oxygen atoms in total. The second-order valence-electron chi connectivity index (χ2n) is 2.34. The van der Waals surface area contributed by atoms with E-state index in [1.807, 2.05) is 0 Å². The normalized spacial score (nSPS) is 38.6. The van der Waals surface area contributed by atoms with E-state index in [0.29, 0.717) is 0 Å². The van der Waals surface area contributed by atoms with E-state index >= 15 is 0 Å². The molecule has 1 heteroatoms. The van der Waals surface area contributed by atoms with Crippen molar-refractivity contribution in [3.05, 3.63) is 0 Å². The van der Waals surface area contributed by atoms with E-state index < -0.39 is 0 Å². The standard InChI is InChI=1S/C6H13N/c1-3-4-7-5-6(7)2/h6H,3-5H2,1-2H3/t6-,7?/m1/s1. The zero-order valence-electron chi connectivity index (χ0n) is 5.15. The van der Waals surface area contributed by atoms with Crippen LogP contribution in [0.4, 0.5) is 0 Å². The lowest BCUT2D eigenvalue weighted by Gasteiger charge is -1.92. The van der Waals surface area contributed by atoms with Gasteiger partial charge in [0.1, 0.15) is 0 Å². The van der Waals surface area contributed by atoms with Crippen LogP contribution in [0.1, 0.15) is 20.3 Å². The van der Waals surface area contributed by atoms with Crippen molar-refractivity contribution in [2.24, 2.45) is 0 Å². The Morgan fingerprint density at radius 3 is 2.43 bits per heavy atom. The molecule has 1 aliphatic rings. The van der Waals surface area contributed by atoms with Crippen LogP contribution in [0, 0.1) is 0 Å². The summed E-state index contributed by atoms with van der Waals surface area (Å²) in [6.45, 7) is 7.15. The van der Waals surface area contributed by atoms with E-state index in [0.717, 1.165) is 6.04 Å². The van der Waals surface area contributed by atoms with E-state index in [1.165, 1.54) is 19.5 Å². The van der Waals surface area contributed by atoms with Crippen LogP contribution in [-0.2, 0) is 0 Å². The maximum Gasteiger partial charge on any atom is 0.0195 e. The summed E-state index contributed by atoms with van der Waals surface area (Å²) in [6, 6.07) is 0.903. The lowest BCUT2D eigenvalue weighted by Crippen LogP contribution is -1.98. The van der Waals surface area contributed by atoms with Crippen molar-refractivity contribution in [2.75, 3.05) is 13.1 Å². The van der Waals surface area contributed by atoms with Crippen LogP contribution in [-0.4, -0.2) is 24.0 Å². The Hall–Kier alpha value is -0.0400. The predicted molar refractivity (Wildman–Crippen MR) is 31.3 cm³/mol. The fourth-order valence-electron chi connectivity index (χ4n) is 0.891. The lowest BCUT2D eigenvalue weighted by molar-refractivity contribution is 0.514. The first-order chi connectivity index (χ1) is 3.34. The molecule has 1 unspecified atom stereocenters. The van der Waals surface area contributed by atoms with Crippen LogP contribution in [0.2, 0.25) is 0 Å². The fourth-order valence-corrected chi connectivity index (χ4v) is 0.891. The van der Waals surface area contributed by atoms with Crippen LogP contribution in [0.15, 0.2) is 0 Å². The van der Waals surface area contributed by atoms with Gasteiger partial charge in [-0.3, -0.25) is 4.90 Å². The molecule has 0 aromatic rings. The third kappa shape index (κ3) is 1.16. The van der Waals surface area contributed by atoms with Crippen molar-refractivity contribution in [3.8, 4) is 0 Å². The summed E-state index contributed by atoms with van der Waals surface area (Å²) in [5.41, 5.74) is 0. The minimum absolute atomic E-state index is 0.903. The SMILES string of the molecule is CCCN1C[C@H]1C. The molecule has 0 radical (unpaired) electrons. The molecule has 1 aliphatic heterocycles. The first-order valence-electron chi connectivity index (χ1n) is 3.08. The molecule has 1 fully saturated rings. The van der Waals surface area contributed by atoms with E-state index in [4.69, 9.17) is 0 Å². The third-order valence-electron chi connectivity index (χ3n) is 1.50. The molecule has 0 aromatic heterocycles. The summed E-state index contributed by atoms with van der Waals surface area (Å²) in [7, 11) is 0. The summed E-state index contributed by atoms with van der Waals surface area (Å²) in [4.78, 5) is 2.47. The van der Waals surface area contributed by atoms with Gasteiger partial charge in [0.2, 0.25) is 0 Å². The molecule has 0 aromatic carbocycles. The van der Waals surface area contributed by atoms with Gasteiger partial charge in [0.25, 0.3) is 0 Å². The van der Waals surface area contributed by atoms with Crippen LogP contribution in [0.3, 0.4) is 0 Å². The van der Waals surface area contributed by atoms with Crippen molar-refractivity contribution < 1.29 is 0 Å². The largest absolute Gasteiger partial charge is 0.298 e. The summed E-state index contributed by atoms with van der Waals surface area (Å²) >= 11 is 0. The number of hydrogen-bond donors (Lipinski definition) is 0. The van der Waals surface area contributed by atoms with Crippen LogP contribution in [0.5, 0.6) is 0 Å². The highest BCUT2D eigenvalue weighted by molar-refractivity contribution is 4.83. The van der Waals surface area contributed by atoms with Gasteiger partial charge in [-0.25, -0.2) is 0 Å². The van der Waals surface area contributed by atoms with Crippen LogP contribution < -0.4 is 0 Å². The monoisotopic (exact) mass is 99.1 g/mol. The highest BCUT2D eigenvalue weighted by Crippen LogP contribution is 2.14. The second-order valence-corrected chi connectivity index (χ2v) is 2.34. The Labute approximate surface area is 45.3 Å². The molecule has 0 aliphatic carbocycles. The Kier molecular flexibility index (Phi) is 1.33. The van der Waals surface area contributed by atoms with Crippen molar-refractivity contribution in [3.63, 3.8) is 0 Å². The zero-order valence-corrected chi connectivity index (χ0v) is 5.15. The molecule has 0 bridgehead atoms. The molecule has 0 amide bonds. The van der Waals surface area contributed by atoms with Crippen LogP contribution >= 0.6 is 0 Å². The lowest BCUT2D eigenvalue weighted by atomic mass is 10.5. The minimum atomic E-state index is 0.903. The topological polar surface area (TPSA) is 3.01 Å². The Morgan fingerprint density at radius 1 is 1.71 bits per heavy atom. The Bertz CT molecular complexity index is 61.2. The van der Waals surface area contributed by atoms with E-state index in [1.54, 1.807) is 0 Å². The summed E-state index contributed by atoms with van der Waals surface area (Å²) in [6.07, 6.45) is 1.31. The number of nitrogens with zero attached hydrogens (tertiary/aromatic N) is 1. The van der Waals surface area contributed by atoms with Gasteiger partial charge < -0.3 is 0 Å². The predicted octanol–water partition coefficient (Wildman–Crippen LogP) is 1.10. The molecule has 2 atom stereocenters. The highest BCUT2D eigenvalue weighted by Gasteiger charge is 2.26. The third-order valence-corrected chi connectivity index (χ3v) is 1.50. The maximum atomic E-state index is 2.47. The highest BCUT2D eigenvalue weighted by atomic mass is 15.3. The number of rotatable bonds is 2. The van der Waals surface area contributed by atoms with E-state index in [2.05, 4.69) is 18.7 Å². The molecule has 1 saturated heterocycles. The summed E-state index contributed by atoms with van der Waals surface area (Å²) in [5.74, 6) is 0. The molecule has 0 spiro atoms.